The van der Waals surface area contributed by atoms with E-state index in [4.69, 9.17) is 0 Å². The van der Waals surface area contributed by atoms with Crippen LogP contribution in [-0.4, -0.2) is 47.7 Å². The molecule has 3 aliphatic rings. The Balaban J connectivity index is 1.35. The molecule has 1 saturated carbocycles. The van der Waals surface area contributed by atoms with E-state index >= 15 is 0 Å². The van der Waals surface area contributed by atoms with Crippen molar-refractivity contribution >= 4 is 33.4 Å². The van der Waals surface area contributed by atoms with E-state index in [2.05, 4.69) is 20.4 Å². The molecule has 3 fully saturated rings. The fraction of sp³-hybridized carbons (Fsp3) is 0.789. The highest BCUT2D eigenvalue weighted by atomic mass is 32.1. The van der Waals surface area contributed by atoms with Crippen LogP contribution in [0.3, 0.4) is 0 Å². The van der Waals surface area contributed by atoms with E-state index < -0.39 is 0 Å². The molecule has 148 valence electrons. The fourth-order valence-electron chi connectivity index (χ4n) is 4.40. The first-order valence-corrected chi connectivity index (χ1v) is 11.2. The molecule has 1 aromatic rings. The summed E-state index contributed by atoms with van der Waals surface area (Å²) in [4.78, 5) is 28.6. The van der Waals surface area contributed by atoms with Gasteiger partial charge in [-0.15, -0.1) is 10.2 Å². The third-order valence-electron chi connectivity index (χ3n) is 5.97. The van der Waals surface area contributed by atoms with E-state index in [9.17, 15) is 9.59 Å². The highest BCUT2D eigenvalue weighted by Gasteiger charge is 2.30. The zero-order valence-electron chi connectivity index (χ0n) is 15.9. The van der Waals surface area contributed by atoms with Gasteiger partial charge in [0.1, 0.15) is 0 Å². The molecular formula is C19H29N5O2S. The molecule has 1 aromatic heterocycles. The summed E-state index contributed by atoms with van der Waals surface area (Å²) in [5, 5.41) is 13.4. The number of aromatic nitrogens is 2. The van der Waals surface area contributed by atoms with Crippen molar-refractivity contribution in [3.05, 3.63) is 0 Å². The van der Waals surface area contributed by atoms with Crippen LogP contribution in [0.1, 0.15) is 64.2 Å². The van der Waals surface area contributed by atoms with Gasteiger partial charge in [0.15, 0.2) is 0 Å². The Hall–Kier alpha value is -1.70. The molecule has 0 bridgehead atoms. The molecule has 2 saturated heterocycles. The largest absolute Gasteiger partial charge is 0.353 e. The molecule has 2 aliphatic heterocycles. The third-order valence-corrected chi connectivity index (χ3v) is 6.98. The highest BCUT2D eigenvalue weighted by molar-refractivity contribution is 7.19. The second kappa shape index (κ2) is 8.54. The summed E-state index contributed by atoms with van der Waals surface area (Å²) >= 11 is 1.47. The summed E-state index contributed by atoms with van der Waals surface area (Å²) in [7, 11) is 0. The average molecular weight is 392 g/mol. The van der Waals surface area contributed by atoms with Crippen molar-refractivity contribution in [2.24, 2.45) is 5.92 Å². The second-order valence-corrected chi connectivity index (χ2v) is 8.93. The van der Waals surface area contributed by atoms with Crippen molar-refractivity contribution < 1.29 is 9.59 Å². The molecule has 0 radical (unpaired) electrons. The Morgan fingerprint density at radius 3 is 2.48 bits per heavy atom. The third kappa shape index (κ3) is 4.42. The van der Waals surface area contributed by atoms with E-state index in [1.54, 1.807) is 4.90 Å². The Morgan fingerprint density at radius 2 is 1.74 bits per heavy atom. The Labute approximate surface area is 164 Å². The average Bonchev–Trinajstić information content (AvgIpc) is 3.25. The fourth-order valence-corrected chi connectivity index (χ4v) is 5.33. The van der Waals surface area contributed by atoms with Crippen LogP contribution in [0.2, 0.25) is 0 Å². The number of carbonyl (C=O) groups excluding carboxylic acids is 2. The van der Waals surface area contributed by atoms with Crippen LogP contribution in [0.15, 0.2) is 0 Å². The Morgan fingerprint density at radius 1 is 0.963 bits per heavy atom. The molecule has 0 unspecified atom stereocenters. The van der Waals surface area contributed by atoms with Crippen LogP contribution in [0, 0.1) is 5.92 Å². The molecule has 27 heavy (non-hydrogen) atoms. The van der Waals surface area contributed by atoms with Gasteiger partial charge in [0.25, 0.3) is 0 Å². The van der Waals surface area contributed by atoms with Gasteiger partial charge in [0.05, 0.1) is 5.92 Å². The number of anilines is 2. The topological polar surface area (TPSA) is 78.4 Å². The molecule has 0 aromatic carbocycles. The van der Waals surface area contributed by atoms with Gasteiger partial charge >= 0.3 is 0 Å². The van der Waals surface area contributed by atoms with Crippen molar-refractivity contribution in [3.8, 4) is 0 Å². The minimum absolute atomic E-state index is 0.0165. The molecule has 1 atom stereocenters. The smallest absolute Gasteiger partial charge is 0.228 e. The summed E-state index contributed by atoms with van der Waals surface area (Å²) in [5.41, 5.74) is 0. The first kappa shape index (κ1) is 18.7. The van der Waals surface area contributed by atoms with Crippen molar-refractivity contribution in [1.29, 1.82) is 0 Å². The first-order valence-electron chi connectivity index (χ1n) is 10.4. The molecule has 2 amide bonds. The monoisotopic (exact) mass is 391 g/mol. The number of nitrogens with one attached hydrogen (secondary N) is 1. The van der Waals surface area contributed by atoms with Crippen LogP contribution in [0.4, 0.5) is 10.3 Å². The van der Waals surface area contributed by atoms with Crippen molar-refractivity contribution in [1.82, 2.24) is 15.5 Å². The number of hydrogen-bond acceptors (Lipinski definition) is 6. The summed E-state index contributed by atoms with van der Waals surface area (Å²) in [6.45, 7) is 2.33. The van der Waals surface area contributed by atoms with Crippen LogP contribution in [0.25, 0.3) is 0 Å². The van der Waals surface area contributed by atoms with Gasteiger partial charge in [0.2, 0.25) is 22.1 Å². The first-order chi connectivity index (χ1) is 13.2. The molecule has 8 heteroatoms. The van der Waals surface area contributed by atoms with Gasteiger partial charge in [0, 0.05) is 32.1 Å². The standard InChI is InChI=1S/C19H29N5O2S/c25-16-10-6-12-24(16)19-22-21-18(27-19)23-11-5-7-14(13-23)17(26)20-15-8-3-1-2-4-9-15/h14-15H,1-13H2,(H,20,26)/t14-/m1/s1. The van der Waals surface area contributed by atoms with Crippen molar-refractivity contribution in [2.45, 2.75) is 70.3 Å². The maximum Gasteiger partial charge on any atom is 0.228 e. The zero-order chi connectivity index (χ0) is 18.6. The predicted octanol–water partition coefficient (Wildman–Crippen LogP) is 2.72. The second-order valence-electron chi connectivity index (χ2n) is 8.00. The van der Waals surface area contributed by atoms with Gasteiger partial charge in [-0.1, -0.05) is 37.0 Å². The lowest BCUT2D eigenvalue weighted by atomic mass is 9.96. The van der Waals surface area contributed by atoms with Gasteiger partial charge in [-0.3, -0.25) is 14.5 Å². The molecule has 1 aliphatic carbocycles. The lowest BCUT2D eigenvalue weighted by molar-refractivity contribution is -0.126. The summed E-state index contributed by atoms with van der Waals surface area (Å²) < 4.78 is 0. The van der Waals surface area contributed by atoms with E-state index in [-0.39, 0.29) is 17.7 Å². The quantitative estimate of drug-likeness (QED) is 0.799. The number of rotatable bonds is 4. The minimum atomic E-state index is 0.0165. The SMILES string of the molecule is O=C(NC1CCCCCC1)[C@@H]1CCCN(c2nnc(N3CCCC3=O)s2)C1. The molecule has 1 N–H and O–H groups in total. The Kier molecular flexibility index (Phi) is 5.90. The number of carbonyl (C=O) groups is 2. The van der Waals surface area contributed by atoms with E-state index in [1.807, 2.05) is 0 Å². The van der Waals surface area contributed by atoms with E-state index in [0.29, 0.717) is 24.1 Å². The van der Waals surface area contributed by atoms with Crippen molar-refractivity contribution in [3.63, 3.8) is 0 Å². The molecule has 4 rings (SSSR count). The van der Waals surface area contributed by atoms with Gasteiger partial charge in [-0.2, -0.15) is 0 Å². The summed E-state index contributed by atoms with van der Waals surface area (Å²) in [5.74, 6) is 0.353. The van der Waals surface area contributed by atoms with E-state index in [1.165, 1.54) is 37.0 Å². The Bertz CT molecular complexity index is 671. The van der Waals surface area contributed by atoms with Crippen LogP contribution >= 0.6 is 11.3 Å². The van der Waals surface area contributed by atoms with Gasteiger partial charge in [-0.05, 0) is 32.1 Å². The maximum absolute atomic E-state index is 12.8. The maximum atomic E-state index is 12.8. The van der Waals surface area contributed by atoms with Crippen LogP contribution < -0.4 is 15.1 Å². The van der Waals surface area contributed by atoms with Gasteiger partial charge in [-0.25, -0.2) is 0 Å². The summed E-state index contributed by atoms with van der Waals surface area (Å²) in [6, 6.07) is 0.352. The number of amides is 2. The predicted molar refractivity (Wildman–Crippen MR) is 106 cm³/mol. The number of piperidine rings is 1. The minimum Gasteiger partial charge on any atom is -0.353 e. The van der Waals surface area contributed by atoms with Gasteiger partial charge < -0.3 is 10.2 Å². The van der Waals surface area contributed by atoms with Crippen LogP contribution in [-0.2, 0) is 9.59 Å². The lowest BCUT2D eigenvalue weighted by Gasteiger charge is -2.32. The zero-order valence-corrected chi connectivity index (χ0v) is 16.7. The molecule has 0 spiro atoms. The lowest BCUT2D eigenvalue weighted by Crippen LogP contribution is -2.46. The van der Waals surface area contributed by atoms with E-state index in [0.717, 1.165) is 50.3 Å². The normalized spacial score (nSPS) is 24.9. The number of hydrogen-bond donors (Lipinski definition) is 1. The molecular weight excluding hydrogens is 362 g/mol. The molecule has 3 heterocycles. The molecule has 7 nitrogen and oxygen atoms in total. The number of nitrogens with zero attached hydrogens (tertiary/aromatic N) is 4. The van der Waals surface area contributed by atoms with Crippen LogP contribution in [0.5, 0.6) is 0 Å². The van der Waals surface area contributed by atoms with Crippen molar-refractivity contribution in [2.75, 3.05) is 29.4 Å². The summed E-state index contributed by atoms with van der Waals surface area (Å²) in [6.07, 6.45) is 10.7. The highest BCUT2D eigenvalue weighted by Crippen LogP contribution is 2.32.